The maximum Gasteiger partial charge on any atom is 0.0692 e. The molecule has 28 heavy (non-hydrogen) atoms. The second kappa shape index (κ2) is 23.3. The van der Waals surface area contributed by atoms with Crippen LogP contribution in [-0.4, -0.2) is 71.8 Å². The van der Waals surface area contributed by atoms with Gasteiger partial charge in [-0.2, -0.15) is 0 Å². The standard InChI is InChI=1S/C9H18N2O.C5H10N.C3H8NO2S.V.W.Y/c1-8(12)10-6-9-4-3-5-11(2)7-9;1-2-4-6-5-3-1;1-3-4-7(2,5)6;;;/h9H,3-7H2,1-2H3,(H,10,12);1-5H2;3H2,1-2H3;;;/q;2*-1;;;/p-1. The number of amides is 1. The fourth-order valence-corrected chi connectivity index (χ4v) is 3.12. The number of carbonyl (C=O) groups is 1. The summed E-state index contributed by atoms with van der Waals surface area (Å²) in [6.07, 6.45) is 7.62. The van der Waals surface area contributed by atoms with Crippen LogP contribution in [0.15, 0.2) is 0 Å². The number of piperidine rings is 2. The molecule has 2 radical (unpaired) electrons. The number of carbonyl (C=O) groups excluding carboxylic acids is 1. The number of likely N-dealkylation sites (tertiary alicyclic amines) is 1. The van der Waals surface area contributed by atoms with Crippen molar-refractivity contribution < 1.29 is 85.5 Å². The Morgan fingerprint density at radius 2 is 1.75 bits per heavy atom. The molecule has 164 valence electrons. The molecule has 2 rings (SSSR count). The van der Waals surface area contributed by atoms with E-state index >= 15 is 0 Å². The molecule has 0 aliphatic carbocycles. The summed E-state index contributed by atoms with van der Waals surface area (Å²) in [4.78, 5) is 12.9. The van der Waals surface area contributed by atoms with Gasteiger partial charge >= 0.3 is 0 Å². The topological polar surface area (TPSA) is 96.8 Å². The molecule has 1 atom stereocenters. The Bertz CT molecular complexity index is 446. The van der Waals surface area contributed by atoms with Crippen LogP contribution in [0, 0.1) is 5.92 Å². The first-order chi connectivity index (χ1) is 11.7. The molecule has 1 amide bonds. The van der Waals surface area contributed by atoms with Gasteiger partial charge in [-0.25, -0.2) is 8.42 Å². The summed E-state index contributed by atoms with van der Waals surface area (Å²) in [5.41, 5.74) is 0. The van der Waals surface area contributed by atoms with E-state index in [-0.39, 0.29) is 78.2 Å². The fraction of sp³-hybridized carbons (Fsp3) is 0.941. The molecule has 0 aromatic rings. The van der Waals surface area contributed by atoms with Gasteiger partial charge in [0, 0.05) is 84.5 Å². The van der Waals surface area contributed by atoms with E-state index in [1.165, 1.54) is 45.6 Å². The Morgan fingerprint density at radius 3 is 2.04 bits per heavy atom. The first-order valence-electron chi connectivity index (χ1n) is 9.13. The quantitative estimate of drug-likeness (QED) is 0.451. The van der Waals surface area contributed by atoms with Gasteiger partial charge in [-0.1, -0.05) is 26.2 Å². The Labute approximate surface area is 224 Å². The van der Waals surface area contributed by atoms with E-state index in [0.717, 1.165) is 32.4 Å². The van der Waals surface area contributed by atoms with Crippen LogP contribution in [0.1, 0.15) is 46.0 Å². The van der Waals surface area contributed by atoms with E-state index in [2.05, 4.69) is 27.3 Å². The summed E-state index contributed by atoms with van der Waals surface area (Å²) in [6, 6.07) is 0. The summed E-state index contributed by atoms with van der Waals surface area (Å²) < 4.78 is 23.4. The van der Waals surface area contributed by atoms with Crippen LogP contribution in [0.3, 0.4) is 0 Å². The summed E-state index contributed by atoms with van der Waals surface area (Å²) in [7, 11) is -0.924. The Hall–Kier alpha value is 1.68. The molecule has 0 bridgehead atoms. The Kier molecular flexibility index (Phi) is 30.9. The fourth-order valence-electron chi connectivity index (χ4n) is 2.65. The van der Waals surface area contributed by atoms with Crippen molar-refractivity contribution in [3.05, 3.63) is 15.4 Å². The molecule has 2 fully saturated rings. The maximum atomic E-state index is 10.6. The molecular weight excluding hydrogens is 664 g/mol. The smallest absolute Gasteiger partial charge is 0.0692 e. The predicted octanol–water partition coefficient (Wildman–Crippen LogP) is 3.12. The average molecular weight is 699 g/mol. The van der Waals surface area contributed by atoms with Crippen molar-refractivity contribution in [2.75, 3.05) is 52.6 Å². The summed E-state index contributed by atoms with van der Waals surface area (Å²) >= 11 is 0. The van der Waals surface area contributed by atoms with Crippen LogP contribution in [0.2, 0.25) is 0 Å². The van der Waals surface area contributed by atoms with Gasteiger partial charge in [-0.05, 0) is 45.8 Å². The van der Waals surface area contributed by atoms with E-state index < -0.39 is 10.0 Å². The third kappa shape index (κ3) is 27.7. The van der Waals surface area contributed by atoms with Crippen molar-refractivity contribution in [3.8, 4) is 0 Å². The second-order valence-electron chi connectivity index (χ2n) is 6.54. The summed E-state index contributed by atoms with van der Waals surface area (Å²) in [5.74, 6) is 0.566. The van der Waals surface area contributed by atoms with E-state index in [0.29, 0.717) is 12.5 Å². The molecule has 2 aliphatic rings. The molecule has 0 saturated carbocycles. The third-order valence-corrected chi connectivity index (χ3v) is 4.52. The number of sulfonamides is 1. The van der Waals surface area contributed by atoms with Crippen molar-refractivity contribution >= 4 is 15.9 Å². The van der Waals surface area contributed by atoms with Gasteiger partial charge in [0.25, 0.3) is 0 Å². The maximum absolute atomic E-state index is 10.6. The molecule has 11 heteroatoms. The van der Waals surface area contributed by atoms with Crippen LogP contribution in [0.5, 0.6) is 0 Å². The van der Waals surface area contributed by atoms with Crippen LogP contribution in [0.4, 0.5) is 0 Å². The number of nitrogens with zero attached hydrogens (tertiary/aromatic N) is 4. The van der Waals surface area contributed by atoms with Crippen LogP contribution >= 0.6 is 0 Å². The van der Waals surface area contributed by atoms with E-state index in [9.17, 15) is 13.2 Å². The molecule has 0 aromatic heterocycles. The molecule has 2 heterocycles. The van der Waals surface area contributed by atoms with Gasteiger partial charge < -0.3 is 25.1 Å². The van der Waals surface area contributed by atoms with E-state index in [1.54, 1.807) is 6.92 Å². The number of rotatable bonds is 4. The zero-order valence-electron chi connectivity index (χ0n) is 17.7. The summed E-state index contributed by atoms with van der Waals surface area (Å²) in [5, 5.41) is 8.09. The average Bonchev–Trinajstić information content (AvgIpc) is 2.55. The first kappa shape index (κ1) is 37.0. The zero-order chi connectivity index (χ0) is 19.1. The SMILES string of the molecule is C1CC[N-]CC1.CC(=O)[N-]CC1CCCN(C)C1.CC[N-]S(C)(=O)=O.[V].[W].[Y]. The van der Waals surface area contributed by atoms with Gasteiger partial charge in [-0.3, -0.25) is 0 Å². The van der Waals surface area contributed by atoms with Crippen molar-refractivity contribution in [2.45, 2.75) is 46.0 Å². The minimum atomic E-state index is -3.05. The van der Waals surface area contributed by atoms with Crippen LogP contribution < -0.4 is 0 Å². The van der Waals surface area contributed by atoms with E-state index in [1.807, 2.05) is 0 Å². The molecule has 0 spiro atoms. The molecule has 0 aromatic carbocycles. The van der Waals surface area contributed by atoms with Crippen LogP contribution in [0.25, 0.3) is 15.4 Å². The molecule has 2 saturated heterocycles. The van der Waals surface area contributed by atoms with Crippen LogP contribution in [-0.2, 0) is 87.1 Å². The van der Waals surface area contributed by atoms with Crippen molar-refractivity contribution in [3.63, 3.8) is 0 Å². The zero-order valence-corrected chi connectivity index (χ0v) is 25.7. The molecular formula is C17H35N4O3SVWY-3. The van der Waals surface area contributed by atoms with Crippen molar-refractivity contribution in [2.24, 2.45) is 5.92 Å². The van der Waals surface area contributed by atoms with Crippen molar-refractivity contribution in [1.29, 1.82) is 0 Å². The monoisotopic (exact) mass is 699 g/mol. The first-order valence-corrected chi connectivity index (χ1v) is 11.0. The molecule has 0 N–H and O–H groups in total. The van der Waals surface area contributed by atoms with Gasteiger partial charge in [0.05, 0.1) is 10.0 Å². The molecule has 2 aliphatic heterocycles. The summed E-state index contributed by atoms with van der Waals surface area (Å²) in [6.45, 7) is 8.81. The molecule has 1 unspecified atom stereocenters. The van der Waals surface area contributed by atoms with Gasteiger partial charge in [0.1, 0.15) is 0 Å². The van der Waals surface area contributed by atoms with Gasteiger partial charge in [-0.15, -0.1) is 26.2 Å². The minimum Gasteiger partial charge on any atom is -0.662 e. The largest absolute Gasteiger partial charge is 0.662 e. The van der Waals surface area contributed by atoms with E-state index in [4.69, 9.17) is 0 Å². The minimum absolute atomic E-state index is 0. The van der Waals surface area contributed by atoms with Crippen molar-refractivity contribution in [1.82, 2.24) is 4.90 Å². The Balaban J connectivity index is -0.000000157. The van der Waals surface area contributed by atoms with Gasteiger partial charge in [0.15, 0.2) is 0 Å². The second-order valence-corrected chi connectivity index (χ2v) is 8.26. The predicted molar refractivity (Wildman–Crippen MR) is 105 cm³/mol. The van der Waals surface area contributed by atoms with Gasteiger partial charge in [0.2, 0.25) is 0 Å². The number of hydrogen-bond acceptors (Lipinski definition) is 4. The normalized spacial score (nSPS) is 18.9. The molecule has 7 nitrogen and oxygen atoms in total. The third-order valence-electron chi connectivity index (χ3n) is 3.79. The number of hydrogen-bond donors (Lipinski definition) is 0. The Morgan fingerprint density at radius 1 is 1.18 bits per heavy atom.